The summed E-state index contributed by atoms with van der Waals surface area (Å²) in [6, 6.07) is 12.0. The Labute approximate surface area is 115 Å². The standard InChI is InChI=1S/C17H21NO/c1-12(2)10-14-5-8-15(9-6-14)17(19)16-7-4-13(3)18-11-16/h4-9,11-12,17,19H,10H2,1-3H3. The predicted octanol–water partition coefficient (Wildman–Crippen LogP) is 3.67. The van der Waals surface area contributed by atoms with E-state index >= 15 is 0 Å². The van der Waals surface area contributed by atoms with Crippen LogP contribution >= 0.6 is 0 Å². The first-order chi connectivity index (χ1) is 9.06. The van der Waals surface area contributed by atoms with Gasteiger partial charge >= 0.3 is 0 Å². The van der Waals surface area contributed by atoms with Crippen molar-refractivity contribution in [2.75, 3.05) is 0 Å². The minimum absolute atomic E-state index is 0.596. The van der Waals surface area contributed by atoms with Gasteiger partial charge in [0.1, 0.15) is 6.10 Å². The molecule has 1 atom stereocenters. The summed E-state index contributed by atoms with van der Waals surface area (Å²) in [5.74, 6) is 0.650. The third kappa shape index (κ3) is 3.65. The summed E-state index contributed by atoms with van der Waals surface area (Å²) in [6.07, 6.45) is 2.21. The summed E-state index contributed by atoms with van der Waals surface area (Å²) in [5, 5.41) is 10.3. The van der Waals surface area contributed by atoms with Crippen LogP contribution in [0.25, 0.3) is 0 Å². The summed E-state index contributed by atoms with van der Waals surface area (Å²) in [4.78, 5) is 4.22. The van der Waals surface area contributed by atoms with Gasteiger partial charge in [-0.1, -0.05) is 44.2 Å². The summed E-state index contributed by atoms with van der Waals surface area (Å²) >= 11 is 0. The van der Waals surface area contributed by atoms with Crippen molar-refractivity contribution in [2.24, 2.45) is 5.92 Å². The Bertz CT molecular complexity index is 514. The van der Waals surface area contributed by atoms with E-state index in [1.807, 2.05) is 31.2 Å². The number of aromatic nitrogens is 1. The van der Waals surface area contributed by atoms with E-state index in [1.54, 1.807) is 6.20 Å². The molecule has 1 aromatic carbocycles. The Balaban J connectivity index is 2.15. The van der Waals surface area contributed by atoms with Crippen LogP contribution in [0.4, 0.5) is 0 Å². The Morgan fingerprint density at radius 3 is 2.16 bits per heavy atom. The van der Waals surface area contributed by atoms with Gasteiger partial charge < -0.3 is 5.11 Å². The fourth-order valence-electron chi connectivity index (χ4n) is 2.14. The number of benzene rings is 1. The quantitative estimate of drug-likeness (QED) is 0.904. The molecule has 0 bridgehead atoms. The zero-order chi connectivity index (χ0) is 13.8. The van der Waals surface area contributed by atoms with Crippen LogP contribution in [-0.2, 0) is 6.42 Å². The van der Waals surface area contributed by atoms with Crippen molar-refractivity contribution in [3.05, 3.63) is 65.0 Å². The highest BCUT2D eigenvalue weighted by Gasteiger charge is 2.10. The van der Waals surface area contributed by atoms with Crippen molar-refractivity contribution in [3.63, 3.8) is 0 Å². The first kappa shape index (κ1) is 13.8. The van der Waals surface area contributed by atoms with E-state index in [2.05, 4.69) is 31.0 Å². The Morgan fingerprint density at radius 2 is 1.63 bits per heavy atom. The van der Waals surface area contributed by atoms with Gasteiger partial charge in [0.05, 0.1) is 0 Å². The Morgan fingerprint density at radius 1 is 1.00 bits per heavy atom. The number of pyridine rings is 1. The maximum atomic E-state index is 10.3. The van der Waals surface area contributed by atoms with Crippen molar-refractivity contribution in [1.29, 1.82) is 0 Å². The van der Waals surface area contributed by atoms with Crippen LogP contribution in [0, 0.1) is 12.8 Å². The van der Waals surface area contributed by atoms with Gasteiger partial charge in [-0.05, 0) is 36.5 Å². The van der Waals surface area contributed by atoms with Gasteiger partial charge in [0.25, 0.3) is 0 Å². The highest BCUT2D eigenvalue weighted by atomic mass is 16.3. The Kier molecular flexibility index (Phi) is 4.33. The smallest absolute Gasteiger partial charge is 0.106 e. The van der Waals surface area contributed by atoms with Gasteiger partial charge in [0, 0.05) is 17.5 Å². The highest BCUT2D eigenvalue weighted by Crippen LogP contribution is 2.22. The molecular weight excluding hydrogens is 234 g/mol. The van der Waals surface area contributed by atoms with E-state index in [9.17, 15) is 5.11 Å². The van der Waals surface area contributed by atoms with Gasteiger partial charge in [-0.3, -0.25) is 4.98 Å². The molecule has 2 aromatic rings. The second-order valence-corrected chi connectivity index (χ2v) is 5.48. The topological polar surface area (TPSA) is 33.1 Å². The van der Waals surface area contributed by atoms with Crippen molar-refractivity contribution in [1.82, 2.24) is 4.98 Å². The molecule has 1 aromatic heterocycles. The third-order valence-electron chi connectivity index (χ3n) is 3.19. The van der Waals surface area contributed by atoms with Gasteiger partial charge in [0.2, 0.25) is 0 Å². The molecule has 2 heteroatoms. The van der Waals surface area contributed by atoms with Gasteiger partial charge in [0.15, 0.2) is 0 Å². The van der Waals surface area contributed by atoms with Crippen LogP contribution in [0.2, 0.25) is 0 Å². The number of hydrogen-bond acceptors (Lipinski definition) is 2. The van der Waals surface area contributed by atoms with E-state index < -0.39 is 6.10 Å². The number of hydrogen-bond donors (Lipinski definition) is 1. The third-order valence-corrected chi connectivity index (χ3v) is 3.19. The van der Waals surface area contributed by atoms with Crippen molar-refractivity contribution in [2.45, 2.75) is 33.3 Å². The first-order valence-corrected chi connectivity index (χ1v) is 6.75. The van der Waals surface area contributed by atoms with Gasteiger partial charge in [-0.25, -0.2) is 0 Å². The summed E-state index contributed by atoms with van der Waals surface area (Å²) in [7, 11) is 0. The molecule has 100 valence electrons. The Hall–Kier alpha value is -1.67. The number of aliphatic hydroxyl groups is 1. The molecule has 1 unspecified atom stereocenters. The van der Waals surface area contributed by atoms with Crippen molar-refractivity contribution < 1.29 is 5.11 Å². The van der Waals surface area contributed by atoms with Crippen LogP contribution in [0.15, 0.2) is 42.6 Å². The van der Waals surface area contributed by atoms with E-state index in [0.717, 1.165) is 23.2 Å². The summed E-state index contributed by atoms with van der Waals surface area (Å²) in [5.41, 5.74) is 4.02. The van der Waals surface area contributed by atoms with E-state index in [-0.39, 0.29) is 0 Å². The maximum absolute atomic E-state index is 10.3. The monoisotopic (exact) mass is 255 g/mol. The molecule has 0 saturated heterocycles. The molecule has 2 rings (SSSR count). The van der Waals surface area contributed by atoms with E-state index in [4.69, 9.17) is 0 Å². The molecule has 0 aliphatic rings. The molecule has 1 heterocycles. The van der Waals surface area contributed by atoms with Crippen LogP contribution in [-0.4, -0.2) is 10.1 Å². The lowest BCUT2D eigenvalue weighted by Gasteiger charge is -2.12. The van der Waals surface area contributed by atoms with Crippen LogP contribution in [0.3, 0.4) is 0 Å². The molecule has 0 fully saturated rings. The second-order valence-electron chi connectivity index (χ2n) is 5.48. The second kappa shape index (κ2) is 5.98. The molecule has 2 nitrogen and oxygen atoms in total. The SMILES string of the molecule is Cc1ccc(C(O)c2ccc(CC(C)C)cc2)cn1. The first-order valence-electron chi connectivity index (χ1n) is 6.75. The molecule has 0 amide bonds. The molecule has 0 radical (unpaired) electrons. The minimum Gasteiger partial charge on any atom is -0.384 e. The average Bonchev–Trinajstić information content (AvgIpc) is 2.39. The maximum Gasteiger partial charge on any atom is 0.106 e. The summed E-state index contributed by atoms with van der Waals surface area (Å²) in [6.45, 7) is 6.36. The van der Waals surface area contributed by atoms with Crippen LogP contribution in [0.5, 0.6) is 0 Å². The van der Waals surface area contributed by atoms with Gasteiger partial charge in [-0.15, -0.1) is 0 Å². The molecule has 19 heavy (non-hydrogen) atoms. The normalized spacial score (nSPS) is 12.7. The number of nitrogens with zero attached hydrogens (tertiary/aromatic N) is 1. The fraction of sp³-hybridized carbons (Fsp3) is 0.353. The average molecular weight is 255 g/mol. The van der Waals surface area contributed by atoms with E-state index in [1.165, 1.54) is 5.56 Å². The van der Waals surface area contributed by atoms with E-state index in [0.29, 0.717) is 5.92 Å². The number of aliphatic hydroxyl groups excluding tert-OH is 1. The zero-order valence-corrected chi connectivity index (χ0v) is 11.8. The lowest BCUT2D eigenvalue weighted by Crippen LogP contribution is -2.01. The molecule has 1 N–H and O–H groups in total. The predicted molar refractivity (Wildman–Crippen MR) is 78.0 cm³/mol. The lowest BCUT2D eigenvalue weighted by atomic mass is 9.98. The fourth-order valence-corrected chi connectivity index (χ4v) is 2.14. The van der Waals surface area contributed by atoms with Crippen molar-refractivity contribution >= 4 is 0 Å². The zero-order valence-electron chi connectivity index (χ0n) is 11.8. The molecule has 0 saturated carbocycles. The van der Waals surface area contributed by atoms with Crippen LogP contribution in [0.1, 0.15) is 42.3 Å². The molecular formula is C17H21NO. The number of aryl methyl sites for hydroxylation is 1. The largest absolute Gasteiger partial charge is 0.384 e. The molecule has 0 spiro atoms. The lowest BCUT2D eigenvalue weighted by molar-refractivity contribution is 0.220. The minimum atomic E-state index is -0.596. The van der Waals surface area contributed by atoms with Crippen LogP contribution < -0.4 is 0 Å². The summed E-state index contributed by atoms with van der Waals surface area (Å²) < 4.78 is 0. The molecule has 0 aliphatic carbocycles. The molecule has 0 aliphatic heterocycles. The highest BCUT2D eigenvalue weighted by molar-refractivity contribution is 5.31. The number of rotatable bonds is 4. The van der Waals surface area contributed by atoms with Crippen molar-refractivity contribution in [3.8, 4) is 0 Å². The van der Waals surface area contributed by atoms with Gasteiger partial charge in [-0.2, -0.15) is 0 Å².